The summed E-state index contributed by atoms with van der Waals surface area (Å²) in [5, 5.41) is 5.81. The zero-order valence-corrected chi connectivity index (χ0v) is 11.3. The molecule has 0 spiro atoms. The molecule has 0 atom stereocenters. The highest BCUT2D eigenvalue weighted by Crippen LogP contribution is 2.16. The van der Waals surface area contributed by atoms with E-state index in [4.69, 9.17) is 4.84 Å². The summed E-state index contributed by atoms with van der Waals surface area (Å²) in [7, 11) is 0. The topological polar surface area (TPSA) is 38.7 Å². The summed E-state index contributed by atoms with van der Waals surface area (Å²) < 4.78 is 0. The molecule has 0 heterocycles. The molecule has 0 aliphatic rings. The fraction of sp³-hybridized carbons (Fsp3) is 0. The molecule has 0 unspecified atom stereocenters. The molecule has 0 amide bonds. The van der Waals surface area contributed by atoms with E-state index >= 15 is 0 Å². The van der Waals surface area contributed by atoms with Crippen LogP contribution in [-0.2, 0) is 4.84 Å². The molecule has 0 aliphatic heterocycles. The smallest absolute Gasteiger partial charge is 0.313 e. The number of benzene rings is 3. The molecule has 3 aromatic rings. The first-order valence-corrected chi connectivity index (χ1v) is 6.61. The summed E-state index contributed by atoms with van der Waals surface area (Å²) in [6, 6.07) is 22.8. The van der Waals surface area contributed by atoms with Gasteiger partial charge in [-0.15, -0.1) is 0 Å². The van der Waals surface area contributed by atoms with Crippen LogP contribution in [0.2, 0.25) is 0 Å². The van der Waals surface area contributed by atoms with Crippen LogP contribution in [0.5, 0.6) is 0 Å². The van der Waals surface area contributed by atoms with Crippen LogP contribution in [0.3, 0.4) is 0 Å². The van der Waals surface area contributed by atoms with Gasteiger partial charge in [0.05, 0.1) is 11.8 Å². The normalized spacial score (nSPS) is 10.9. The minimum atomic E-state index is -0.465. The minimum absolute atomic E-state index is 0.465. The predicted molar refractivity (Wildman–Crippen MR) is 83.4 cm³/mol. The summed E-state index contributed by atoms with van der Waals surface area (Å²) in [6.07, 6.45) is 1.51. The number of carbonyl (C=O) groups is 1. The molecule has 0 radical (unpaired) electrons. The van der Waals surface area contributed by atoms with Gasteiger partial charge in [-0.2, -0.15) is 0 Å². The van der Waals surface area contributed by atoms with E-state index in [0.717, 1.165) is 16.3 Å². The summed E-state index contributed by atoms with van der Waals surface area (Å²) in [5.74, 6) is -0.465. The van der Waals surface area contributed by atoms with Gasteiger partial charge in [0, 0.05) is 0 Å². The van der Waals surface area contributed by atoms with Crippen LogP contribution < -0.4 is 0 Å². The summed E-state index contributed by atoms with van der Waals surface area (Å²) in [4.78, 5) is 16.9. The van der Waals surface area contributed by atoms with Crippen molar-refractivity contribution in [1.82, 2.24) is 0 Å². The average molecular weight is 275 g/mol. The van der Waals surface area contributed by atoms with Gasteiger partial charge in [0.25, 0.3) is 0 Å². The second kappa shape index (κ2) is 6.01. The first kappa shape index (κ1) is 13.1. The molecular weight excluding hydrogens is 262 g/mol. The maximum Gasteiger partial charge on any atom is 0.365 e. The van der Waals surface area contributed by atoms with Gasteiger partial charge >= 0.3 is 5.97 Å². The molecule has 21 heavy (non-hydrogen) atoms. The van der Waals surface area contributed by atoms with E-state index in [9.17, 15) is 4.79 Å². The Hall–Kier alpha value is -2.94. The van der Waals surface area contributed by atoms with Gasteiger partial charge in [-0.1, -0.05) is 65.8 Å². The lowest BCUT2D eigenvalue weighted by Crippen LogP contribution is -2.00. The van der Waals surface area contributed by atoms with Crippen molar-refractivity contribution in [2.45, 2.75) is 0 Å². The highest BCUT2D eigenvalue weighted by Gasteiger charge is 2.07. The molecule has 0 aromatic heterocycles. The Balaban J connectivity index is 1.73. The molecule has 3 rings (SSSR count). The van der Waals surface area contributed by atoms with Crippen LogP contribution >= 0.6 is 0 Å². The molecule has 0 saturated carbocycles. The van der Waals surface area contributed by atoms with E-state index in [2.05, 4.69) is 5.16 Å². The highest BCUT2D eigenvalue weighted by atomic mass is 16.7. The largest absolute Gasteiger partial charge is 0.365 e. The molecule has 0 saturated heterocycles. The Labute approximate surface area is 122 Å². The van der Waals surface area contributed by atoms with E-state index in [-0.39, 0.29) is 0 Å². The second-order valence-electron chi connectivity index (χ2n) is 4.59. The third-order valence-electron chi connectivity index (χ3n) is 3.12. The van der Waals surface area contributed by atoms with E-state index in [1.54, 1.807) is 12.1 Å². The van der Waals surface area contributed by atoms with Gasteiger partial charge in [-0.25, -0.2) is 4.79 Å². The minimum Gasteiger partial charge on any atom is -0.313 e. The Morgan fingerprint density at radius 2 is 1.57 bits per heavy atom. The zero-order valence-electron chi connectivity index (χ0n) is 11.3. The van der Waals surface area contributed by atoms with E-state index in [0.29, 0.717) is 5.56 Å². The van der Waals surface area contributed by atoms with E-state index in [1.165, 1.54) is 6.21 Å². The maximum atomic E-state index is 11.9. The molecule has 102 valence electrons. The number of hydrogen-bond acceptors (Lipinski definition) is 3. The van der Waals surface area contributed by atoms with Gasteiger partial charge < -0.3 is 4.84 Å². The molecule has 0 bridgehead atoms. The van der Waals surface area contributed by atoms with Gasteiger partial charge in [0.2, 0.25) is 0 Å². The van der Waals surface area contributed by atoms with Crippen LogP contribution in [0.1, 0.15) is 15.9 Å². The SMILES string of the molecule is O=C(ON=Cc1ccccc1)c1ccc2ccccc2c1. The summed E-state index contributed by atoms with van der Waals surface area (Å²) >= 11 is 0. The molecular formula is C18H13NO2. The molecule has 0 fully saturated rings. The van der Waals surface area contributed by atoms with E-state index in [1.807, 2.05) is 60.7 Å². The first-order chi connectivity index (χ1) is 10.3. The Morgan fingerprint density at radius 3 is 2.38 bits per heavy atom. The Bertz CT molecular complexity index is 794. The third-order valence-corrected chi connectivity index (χ3v) is 3.12. The van der Waals surface area contributed by atoms with Crippen LogP contribution in [0.4, 0.5) is 0 Å². The Morgan fingerprint density at radius 1 is 0.857 bits per heavy atom. The molecule has 0 N–H and O–H groups in total. The highest BCUT2D eigenvalue weighted by molar-refractivity contribution is 5.95. The number of oxime groups is 1. The van der Waals surface area contributed by atoms with Crippen molar-refractivity contribution in [2.24, 2.45) is 5.16 Å². The first-order valence-electron chi connectivity index (χ1n) is 6.61. The van der Waals surface area contributed by atoms with Crippen molar-refractivity contribution in [1.29, 1.82) is 0 Å². The van der Waals surface area contributed by atoms with Crippen molar-refractivity contribution in [2.75, 3.05) is 0 Å². The Kier molecular flexibility index (Phi) is 3.74. The lowest BCUT2D eigenvalue weighted by molar-refractivity contribution is 0.0519. The van der Waals surface area contributed by atoms with Crippen molar-refractivity contribution in [3.63, 3.8) is 0 Å². The van der Waals surface area contributed by atoms with Crippen molar-refractivity contribution in [3.05, 3.63) is 83.9 Å². The summed E-state index contributed by atoms with van der Waals surface area (Å²) in [5.41, 5.74) is 1.36. The fourth-order valence-electron chi connectivity index (χ4n) is 2.04. The number of rotatable bonds is 3. The molecule has 3 nitrogen and oxygen atoms in total. The van der Waals surface area contributed by atoms with Crippen molar-refractivity contribution >= 4 is 23.0 Å². The van der Waals surface area contributed by atoms with Crippen LogP contribution in [0, 0.1) is 0 Å². The monoisotopic (exact) mass is 275 g/mol. The number of nitrogens with zero attached hydrogens (tertiary/aromatic N) is 1. The lowest BCUT2D eigenvalue weighted by Gasteiger charge is -2.01. The number of carbonyl (C=O) groups excluding carboxylic acids is 1. The molecule has 3 aromatic carbocycles. The standard InChI is InChI=1S/C18H13NO2/c20-18(21-19-13-14-6-2-1-3-7-14)17-11-10-15-8-4-5-9-16(15)12-17/h1-13H. The van der Waals surface area contributed by atoms with Crippen LogP contribution in [0.25, 0.3) is 10.8 Å². The fourth-order valence-corrected chi connectivity index (χ4v) is 2.04. The summed E-state index contributed by atoms with van der Waals surface area (Å²) in [6.45, 7) is 0. The van der Waals surface area contributed by atoms with Crippen LogP contribution in [-0.4, -0.2) is 12.2 Å². The maximum absolute atomic E-state index is 11.9. The third kappa shape index (κ3) is 3.15. The quantitative estimate of drug-likeness (QED) is 0.411. The van der Waals surface area contributed by atoms with Gasteiger partial charge in [-0.3, -0.25) is 0 Å². The van der Waals surface area contributed by atoms with Crippen LogP contribution in [0.15, 0.2) is 78.0 Å². The molecule has 3 heteroatoms. The lowest BCUT2D eigenvalue weighted by atomic mass is 10.1. The van der Waals surface area contributed by atoms with E-state index < -0.39 is 5.97 Å². The van der Waals surface area contributed by atoms with Gasteiger partial charge in [-0.05, 0) is 28.5 Å². The van der Waals surface area contributed by atoms with Gasteiger partial charge in [0.1, 0.15) is 0 Å². The van der Waals surface area contributed by atoms with Gasteiger partial charge in [0.15, 0.2) is 0 Å². The van der Waals surface area contributed by atoms with Crippen molar-refractivity contribution < 1.29 is 9.63 Å². The average Bonchev–Trinajstić information content (AvgIpc) is 2.55. The molecule has 0 aliphatic carbocycles. The predicted octanol–water partition coefficient (Wildman–Crippen LogP) is 4.03. The van der Waals surface area contributed by atoms with Crippen molar-refractivity contribution in [3.8, 4) is 0 Å². The zero-order chi connectivity index (χ0) is 14.5. The second-order valence-corrected chi connectivity index (χ2v) is 4.59. The number of fused-ring (bicyclic) bond motifs is 1. The number of hydrogen-bond donors (Lipinski definition) is 0.